The van der Waals surface area contributed by atoms with Crippen LogP contribution in [0.1, 0.15) is 40.7 Å². The number of anilines is 3. The summed E-state index contributed by atoms with van der Waals surface area (Å²) in [7, 11) is 1.14. The molecule has 0 spiro atoms. The Labute approximate surface area is 311 Å². The molecule has 1 aliphatic rings. The maximum Gasteiger partial charge on any atom is 0.422 e. The van der Waals surface area contributed by atoms with Crippen LogP contribution in [0.5, 0.6) is 6.01 Å². The molecule has 19 heteroatoms. The molecule has 0 aliphatic heterocycles. The summed E-state index contributed by atoms with van der Waals surface area (Å²) in [5.41, 5.74) is 1.72. The van der Waals surface area contributed by atoms with Crippen LogP contribution in [0.3, 0.4) is 0 Å². The number of rotatable bonds is 16. The van der Waals surface area contributed by atoms with Crippen LogP contribution in [-0.2, 0) is 31.1 Å². The van der Waals surface area contributed by atoms with Crippen molar-refractivity contribution in [1.82, 2.24) is 35.9 Å². The first-order valence-electron chi connectivity index (χ1n) is 16.5. The quantitative estimate of drug-likeness (QED) is 0.0817. The Kier molecular flexibility index (Phi) is 12.8. The van der Waals surface area contributed by atoms with Crippen molar-refractivity contribution in [3.63, 3.8) is 0 Å². The van der Waals surface area contributed by atoms with Gasteiger partial charge in [-0.3, -0.25) is 19.4 Å². The van der Waals surface area contributed by atoms with Crippen LogP contribution in [0.2, 0.25) is 5.02 Å². The molecule has 3 amide bonds. The lowest BCUT2D eigenvalue weighted by atomic mass is 10.1. The van der Waals surface area contributed by atoms with Crippen LogP contribution in [0.25, 0.3) is 0 Å². The minimum atomic E-state index is -4.64. The number of esters is 1. The molecule has 2 aromatic carbocycles. The lowest BCUT2D eigenvalue weighted by Crippen LogP contribution is -2.45. The zero-order chi connectivity index (χ0) is 38.7. The number of methoxy groups -OCH3 is 1. The minimum absolute atomic E-state index is 0.0281. The highest BCUT2D eigenvalue weighted by molar-refractivity contribution is 6.35. The fraction of sp³-hybridized carbons (Fsp3) is 0.314. The smallest absolute Gasteiger partial charge is 0.422 e. The van der Waals surface area contributed by atoms with Crippen molar-refractivity contribution in [3.05, 3.63) is 94.8 Å². The van der Waals surface area contributed by atoms with Gasteiger partial charge in [0.15, 0.2) is 6.61 Å². The SMILES string of the molecule is COC(=O)[C@H](CCNC(=O)C(=O)NCCc1cccnc1)NC(=O)c1ccc(Nc2nc(NC3(c4ccc(Cl)cc4)CC3)nc(OCC(F)(F)F)n2)cc1. The molecule has 0 radical (unpaired) electrons. The molecule has 1 fully saturated rings. The molecule has 54 heavy (non-hydrogen) atoms. The van der Waals surface area contributed by atoms with Crippen molar-refractivity contribution in [2.45, 2.75) is 43.4 Å². The van der Waals surface area contributed by atoms with E-state index in [1.165, 1.54) is 24.3 Å². The number of hydrogen-bond acceptors (Lipinski definition) is 12. The fourth-order valence-corrected chi connectivity index (χ4v) is 5.22. The van der Waals surface area contributed by atoms with E-state index >= 15 is 0 Å². The van der Waals surface area contributed by atoms with Crippen LogP contribution in [0.4, 0.5) is 30.8 Å². The van der Waals surface area contributed by atoms with Gasteiger partial charge in [0.05, 0.1) is 12.6 Å². The van der Waals surface area contributed by atoms with E-state index < -0.39 is 54.1 Å². The van der Waals surface area contributed by atoms with Gasteiger partial charge in [-0.25, -0.2) is 4.79 Å². The number of alkyl halides is 3. The lowest BCUT2D eigenvalue weighted by Gasteiger charge is -2.19. The highest BCUT2D eigenvalue weighted by atomic mass is 35.5. The molecular weight excluding hydrogens is 735 g/mol. The molecule has 0 saturated heterocycles. The van der Waals surface area contributed by atoms with Gasteiger partial charge < -0.3 is 36.1 Å². The summed E-state index contributed by atoms with van der Waals surface area (Å²) >= 11 is 6.03. The maximum absolute atomic E-state index is 13.0. The number of carbonyl (C=O) groups excluding carboxylic acids is 4. The molecule has 4 aromatic rings. The van der Waals surface area contributed by atoms with Gasteiger partial charge in [0.25, 0.3) is 5.91 Å². The number of aromatic nitrogens is 4. The second kappa shape index (κ2) is 17.7. The van der Waals surface area contributed by atoms with Gasteiger partial charge in [-0.2, -0.15) is 28.1 Å². The number of nitrogens with zero attached hydrogens (tertiary/aromatic N) is 4. The molecule has 2 aromatic heterocycles. The Morgan fingerprint density at radius 2 is 1.59 bits per heavy atom. The normalized spacial score (nSPS) is 13.5. The van der Waals surface area contributed by atoms with Crippen molar-refractivity contribution >= 4 is 52.9 Å². The van der Waals surface area contributed by atoms with Crippen LogP contribution in [0.15, 0.2) is 73.1 Å². The van der Waals surface area contributed by atoms with E-state index in [1.807, 2.05) is 18.2 Å². The van der Waals surface area contributed by atoms with Crippen LogP contribution in [-0.4, -0.2) is 82.7 Å². The molecule has 5 rings (SSSR count). The van der Waals surface area contributed by atoms with Gasteiger partial charge in [-0.15, -0.1) is 0 Å². The Balaban J connectivity index is 1.18. The number of ether oxygens (including phenoxy) is 2. The summed E-state index contributed by atoms with van der Waals surface area (Å²) in [5, 5.41) is 14.1. The minimum Gasteiger partial charge on any atom is -0.467 e. The van der Waals surface area contributed by atoms with Gasteiger partial charge in [0.2, 0.25) is 11.9 Å². The van der Waals surface area contributed by atoms with E-state index in [9.17, 15) is 32.3 Å². The van der Waals surface area contributed by atoms with E-state index in [0.29, 0.717) is 30.0 Å². The number of pyridine rings is 1. The number of carbonyl (C=O) groups is 4. The highest BCUT2D eigenvalue weighted by Gasteiger charge is 2.45. The molecule has 0 bridgehead atoms. The lowest BCUT2D eigenvalue weighted by molar-refractivity contribution is -0.154. The topological polar surface area (TPSA) is 198 Å². The summed E-state index contributed by atoms with van der Waals surface area (Å²) in [6, 6.07) is 14.8. The molecule has 5 N–H and O–H groups in total. The molecule has 1 aliphatic carbocycles. The fourth-order valence-electron chi connectivity index (χ4n) is 5.10. The summed E-state index contributed by atoms with van der Waals surface area (Å²) in [6.45, 7) is -1.54. The van der Waals surface area contributed by atoms with Gasteiger partial charge in [0.1, 0.15) is 6.04 Å². The van der Waals surface area contributed by atoms with Gasteiger partial charge in [-0.1, -0.05) is 29.8 Å². The Morgan fingerprint density at radius 1 is 0.907 bits per heavy atom. The summed E-state index contributed by atoms with van der Waals surface area (Å²) in [6.07, 6.45) is 0.451. The number of nitrogens with one attached hydrogen (secondary N) is 5. The summed E-state index contributed by atoms with van der Waals surface area (Å²) in [4.78, 5) is 66.2. The monoisotopic (exact) mass is 769 g/mol. The molecule has 0 unspecified atom stereocenters. The van der Waals surface area contributed by atoms with Crippen LogP contribution < -0.4 is 31.3 Å². The van der Waals surface area contributed by atoms with Crippen molar-refractivity contribution in [2.24, 2.45) is 0 Å². The standard InChI is InChI=1S/C35H35ClF3N9O6/c1-53-30(52)26(13-18-42-29(51)28(50)41-17-12-21-3-2-16-40-19-21)44-27(49)22-4-10-25(11-5-22)43-31-45-32(47-33(46-31)54-20-35(37,38)39)48-34(14-15-34)23-6-8-24(36)9-7-23/h2-11,16,19,26H,12-15,17-18,20H2,1H3,(H,41,50)(H,42,51)(H,44,49)(H2,43,45,46,47,48)/t26-/m0/s1. The summed E-state index contributed by atoms with van der Waals surface area (Å²) in [5.74, 6) is -3.35. The van der Waals surface area contributed by atoms with Crippen LogP contribution >= 0.6 is 11.6 Å². The average Bonchev–Trinajstić information content (AvgIpc) is 3.93. The molecule has 15 nitrogen and oxygen atoms in total. The first kappa shape index (κ1) is 39.2. The highest BCUT2D eigenvalue weighted by Crippen LogP contribution is 2.48. The van der Waals surface area contributed by atoms with E-state index in [0.717, 1.165) is 18.2 Å². The molecule has 1 saturated carbocycles. The molecular formula is C35H35ClF3N9O6. The number of hydrogen-bond donors (Lipinski definition) is 5. The number of benzene rings is 2. The predicted molar refractivity (Wildman–Crippen MR) is 189 cm³/mol. The van der Waals surface area contributed by atoms with Gasteiger partial charge in [0, 0.05) is 41.8 Å². The van der Waals surface area contributed by atoms with Crippen LogP contribution in [0, 0.1) is 0 Å². The third-order valence-electron chi connectivity index (χ3n) is 8.02. The first-order valence-corrected chi connectivity index (χ1v) is 16.9. The number of amides is 3. The Bertz CT molecular complexity index is 1930. The van der Waals surface area contributed by atoms with E-state index in [1.54, 1.807) is 30.6 Å². The second-order valence-electron chi connectivity index (χ2n) is 12.0. The maximum atomic E-state index is 13.0. The van der Waals surface area contributed by atoms with Gasteiger partial charge >= 0.3 is 30.0 Å². The molecule has 2 heterocycles. The third-order valence-corrected chi connectivity index (χ3v) is 8.27. The zero-order valence-corrected chi connectivity index (χ0v) is 29.5. The average molecular weight is 770 g/mol. The van der Waals surface area contributed by atoms with E-state index in [2.05, 4.69) is 46.5 Å². The van der Waals surface area contributed by atoms with Crippen molar-refractivity contribution < 1.29 is 41.8 Å². The summed E-state index contributed by atoms with van der Waals surface area (Å²) < 4.78 is 48.5. The predicted octanol–water partition coefficient (Wildman–Crippen LogP) is 3.84. The van der Waals surface area contributed by atoms with E-state index in [4.69, 9.17) is 21.1 Å². The van der Waals surface area contributed by atoms with Crippen molar-refractivity contribution in [2.75, 3.05) is 37.4 Å². The second-order valence-corrected chi connectivity index (χ2v) is 12.5. The zero-order valence-electron chi connectivity index (χ0n) is 28.7. The first-order chi connectivity index (χ1) is 25.8. The van der Waals surface area contributed by atoms with Crippen molar-refractivity contribution in [3.8, 4) is 6.01 Å². The van der Waals surface area contributed by atoms with E-state index in [-0.39, 0.29) is 37.0 Å². The number of halogens is 4. The van der Waals surface area contributed by atoms with Gasteiger partial charge in [-0.05, 0) is 79.3 Å². The Morgan fingerprint density at radius 3 is 2.22 bits per heavy atom. The largest absolute Gasteiger partial charge is 0.467 e. The third kappa shape index (κ3) is 11.5. The van der Waals surface area contributed by atoms with Crippen molar-refractivity contribution in [1.29, 1.82) is 0 Å². The molecule has 284 valence electrons. The Hall–Kier alpha value is -6.04. The molecule has 1 atom stereocenters.